The highest BCUT2D eigenvalue weighted by Gasteiger charge is 2.11. The third-order valence-corrected chi connectivity index (χ3v) is 3.10. The SMILES string of the molecule is Cc1cc(C)cc(OCCC(=O)NC(C)c2ncc[nH]2)c1. The van der Waals surface area contributed by atoms with Gasteiger partial charge in [-0.1, -0.05) is 6.07 Å². The Morgan fingerprint density at radius 2 is 2.05 bits per heavy atom. The molecule has 1 heterocycles. The minimum absolute atomic E-state index is 0.0525. The number of carbonyl (C=O) groups excluding carboxylic acids is 1. The van der Waals surface area contributed by atoms with Gasteiger partial charge in [0.25, 0.3) is 0 Å². The van der Waals surface area contributed by atoms with Crippen molar-refractivity contribution in [2.45, 2.75) is 33.2 Å². The van der Waals surface area contributed by atoms with Crippen molar-refractivity contribution in [1.82, 2.24) is 15.3 Å². The summed E-state index contributed by atoms with van der Waals surface area (Å²) >= 11 is 0. The molecule has 2 aromatic rings. The maximum Gasteiger partial charge on any atom is 0.224 e. The van der Waals surface area contributed by atoms with Crippen LogP contribution >= 0.6 is 0 Å². The van der Waals surface area contributed by atoms with Crippen molar-refractivity contribution in [3.63, 3.8) is 0 Å². The van der Waals surface area contributed by atoms with E-state index < -0.39 is 0 Å². The number of ether oxygens (including phenoxy) is 1. The molecule has 5 heteroatoms. The number of amides is 1. The van der Waals surface area contributed by atoms with Crippen LogP contribution in [0.2, 0.25) is 0 Å². The summed E-state index contributed by atoms with van der Waals surface area (Å²) in [5, 5.41) is 2.88. The quantitative estimate of drug-likeness (QED) is 0.858. The van der Waals surface area contributed by atoms with E-state index in [1.54, 1.807) is 12.4 Å². The molecule has 1 aromatic carbocycles. The van der Waals surface area contributed by atoms with E-state index in [2.05, 4.69) is 21.4 Å². The zero-order valence-corrected chi connectivity index (χ0v) is 12.6. The van der Waals surface area contributed by atoms with Crippen LogP contribution in [-0.4, -0.2) is 22.5 Å². The maximum atomic E-state index is 11.8. The highest BCUT2D eigenvalue weighted by Crippen LogP contribution is 2.16. The lowest BCUT2D eigenvalue weighted by Crippen LogP contribution is -2.28. The molecular formula is C16H21N3O2. The van der Waals surface area contributed by atoms with Crippen LogP contribution in [0, 0.1) is 13.8 Å². The van der Waals surface area contributed by atoms with Crippen LogP contribution in [0.1, 0.15) is 36.3 Å². The molecule has 0 aliphatic rings. The Bertz CT molecular complexity index is 573. The van der Waals surface area contributed by atoms with Gasteiger partial charge in [0.2, 0.25) is 5.91 Å². The Labute approximate surface area is 124 Å². The van der Waals surface area contributed by atoms with E-state index in [0.717, 1.165) is 22.7 Å². The largest absolute Gasteiger partial charge is 0.493 e. The lowest BCUT2D eigenvalue weighted by molar-refractivity contribution is -0.122. The van der Waals surface area contributed by atoms with Gasteiger partial charge >= 0.3 is 0 Å². The third-order valence-electron chi connectivity index (χ3n) is 3.10. The van der Waals surface area contributed by atoms with Gasteiger partial charge in [-0.05, 0) is 44.0 Å². The number of aromatic amines is 1. The number of imidazole rings is 1. The Balaban J connectivity index is 1.76. The fourth-order valence-electron chi connectivity index (χ4n) is 2.17. The molecule has 1 amide bonds. The number of H-pyrrole nitrogens is 1. The molecule has 1 aromatic heterocycles. The fourth-order valence-corrected chi connectivity index (χ4v) is 2.17. The highest BCUT2D eigenvalue weighted by atomic mass is 16.5. The van der Waals surface area contributed by atoms with E-state index in [1.807, 2.05) is 32.9 Å². The maximum absolute atomic E-state index is 11.8. The van der Waals surface area contributed by atoms with Gasteiger partial charge in [0, 0.05) is 12.4 Å². The van der Waals surface area contributed by atoms with Crippen molar-refractivity contribution < 1.29 is 9.53 Å². The standard InChI is InChI=1S/C16H21N3O2/c1-11-8-12(2)10-14(9-11)21-7-4-15(20)19-13(3)16-17-5-6-18-16/h5-6,8-10,13H,4,7H2,1-3H3,(H,17,18)(H,19,20). The first kappa shape index (κ1) is 15.1. The van der Waals surface area contributed by atoms with E-state index in [9.17, 15) is 4.79 Å². The highest BCUT2D eigenvalue weighted by molar-refractivity contribution is 5.76. The molecular weight excluding hydrogens is 266 g/mol. The van der Waals surface area contributed by atoms with Crippen LogP contribution in [0.3, 0.4) is 0 Å². The lowest BCUT2D eigenvalue weighted by Gasteiger charge is -2.12. The van der Waals surface area contributed by atoms with Crippen LogP contribution in [-0.2, 0) is 4.79 Å². The molecule has 0 fully saturated rings. The van der Waals surface area contributed by atoms with Crippen LogP contribution in [0.15, 0.2) is 30.6 Å². The summed E-state index contributed by atoms with van der Waals surface area (Å²) in [5.74, 6) is 1.50. The lowest BCUT2D eigenvalue weighted by atomic mass is 10.1. The van der Waals surface area contributed by atoms with Gasteiger partial charge in [-0.3, -0.25) is 4.79 Å². The molecule has 1 atom stereocenters. The Kier molecular flexibility index (Phi) is 4.98. The summed E-state index contributed by atoms with van der Waals surface area (Å²) in [6, 6.07) is 5.89. The molecule has 0 aliphatic carbocycles. The molecule has 1 unspecified atom stereocenters. The van der Waals surface area contributed by atoms with Crippen molar-refractivity contribution >= 4 is 5.91 Å². The van der Waals surface area contributed by atoms with Gasteiger partial charge in [0.05, 0.1) is 19.1 Å². The molecule has 0 radical (unpaired) electrons. The third kappa shape index (κ3) is 4.63. The summed E-state index contributed by atoms with van der Waals surface area (Å²) in [6.45, 7) is 6.30. The molecule has 0 saturated heterocycles. The van der Waals surface area contributed by atoms with Crippen LogP contribution < -0.4 is 10.1 Å². The molecule has 21 heavy (non-hydrogen) atoms. The van der Waals surface area contributed by atoms with E-state index in [-0.39, 0.29) is 11.9 Å². The molecule has 2 N–H and O–H groups in total. The van der Waals surface area contributed by atoms with Crippen molar-refractivity contribution in [2.24, 2.45) is 0 Å². The monoisotopic (exact) mass is 287 g/mol. The molecule has 112 valence electrons. The van der Waals surface area contributed by atoms with Crippen molar-refractivity contribution in [3.8, 4) is 5.75 Å². The minimum atomic E-state index is -0.131. The Hall–Kier alpha value is -2.30. The second kappa shape index (κ2) is 6.92. The minimum Gasteiger partial charge on any atom is -0.493 e. The second-order valence-electron chi connectivity index (χ2n) is 5.19. The number of aromatic nitrogens is 2. The summed E-state index contributed by atoms with van der Waals surface area (Å²) in [4.78, 5) is 18.9. The van der Waals surface area contributed by atoms with Crippen molar-refractivity contribution in [1.29, 1.82) is 0 Å². The van der Waals surface area contributed by atoms with Crippen LogP contribution in [0.4, 0.5) is 0 Å². The number of benzene rings is 1. The first-order chi connectivity index (χ1) is 10.0. The number of aryl methyl sites for hydroxylation is 2. The van der Waals surface area contributed by atoms with E-state index in [1.165, 1.54) is 0 Å². The zero-order valence-electron chi connectivity index (χ0n) is 12.6. The summed E-state index contributed by atoms with van der Waals surface area (Å²) < 4.78 is 5.63. The second-order valence-corrected chi connectivity index (χ2v) is 5.19. The van der Waals surface area contributed by atoms with E-state index >= 15 is 0 Å². The van der Waals surface area contributed by atoms with E-state index in [4.69, 9.17) is 4.74 Å². The van der Waals surface area contributed by atoms with Gasteiger partial charge in [-0.25, -0.2) is 4.98 Å². The number of rotatable bonds is 6. The molecule has 0 aliphatic heterocycles. The number of carbonyl (C=O) groups is 1. The normalized spacial score (nSPS) is 12.0. The van der Waals surface area contributed by atoms with Gasteiger partial charge in [-0.15, -0.1) is 0 Å². The molecule has 0 bridgehead atoms. The number of nitrogens with zero attached hydrogens (tertiary/aromatic N) is 1. The Morgan fingerprint density at radius 1 is 1.33 bits per heavy atom. The predicted octanol–water partition coefficient (Wildman–Crippen LogP) is 2.67. The number of nitrogens with one attached hydrogen (secondary N) is 2. The predicted molar refractivity (Wildman–Crippen MR) is 81.2 cm³/mol. The topological polar surface area (TPSA) is 67.0 Å². The summed E-state index contributed by atoms with van der Waals surface area (Å²) in [7, 11) is 0. The Morgan fingerprint density at radius 3 is 2.67 bits per heavy atom. The van der Waals surface area contributed by atoms with E-state index in [0.29, 0.717) is 13.0 Å². The number of hydrogen-bond donors (Lipinski definition) is 2. The van der Waals surface area contributed by atoms with Crippen LogP contribution in [0.5, 0.6) is 5.75 Å². The average Bonchev–Trinajstić information content (AvgIpc) is 2.91. The van der Waals surface area contributed by atoms with Gasteiger partial charge in [-0.2, -0.15) is 0 Å². The van der Waals surface area contributed by atoms with Gasteiger partial charge in [0.15, 0.2) is 0 Å². The molecule has 0 spiro atoms. The van der Waals surface area contributed by atoms with Crippen molar-refractivity contribution in [2.75, 3.05) is 6.61 Å². The fraction of sp³-hybridized carbons (Fsp3) is 0.375. The smallest absolute Gasteiger partial charge is 0.224 e. The molecule has 0 saturated carbocycles. The van der Waals surface area contributed by atoms with Crippen LogP contribution in [0.25, 0.3) is 0 Å². The van der Waals surface area contributed by atoms with Gasteiger partial charge in [0.1, 0.15) is 11.6 Å². The number of hydrogen-bond acceptors (Lipinski definition) is 3. The molecule has 2 rings (SSSR count). The van der Waals surface area contributed by atoms with Gasteiger partial charge < -0.3 is 15.0 Å². The summed E-state index contributed by atoms with van der Waals surface area (Å²) in [6.07, 6.45) is 3.72. The summed E-state index contributed by atoms with van der Waals surface area (Å²) in [5.41, 5.74) is 2.31. The molecule has 5 nitrogen and oxygen atoms in total. The first-order valence-electron chi connectivity index (χ1n) is 7.04. The first-order valence-corrected chi connectivity index (χ1v) is 7.04. The average molecular weight is 287 g/mol. The van der Waals surface area contributed by atoms with Crippen molar-refractivity contribution in [3.05, 3.63) is 47.5 Å². The zero-order chi connectivity index (χ0) is 15.2.